The number of hydrogen-bond acceptors (Lipinski definition) is 7. The van der Waals surface area contributed by atoms with E-state index in [9.17, 15) is 9.59 Å². The van der Waals surface area contributed by atoms with E-state index in [1.54, 1.807) is 16.9 Å². The van der Waals surface area contributed by atoms with Gasteiger partial charge in [0.2, 0.25) is 17.6 Å². The van der Waals surface area contributed by atoms with Crippen LogP contribution in [-0.4, -0.2) is 88.3 Å². The Bertz CT molecular complexity index is 661. The Hall–Kier alpha value is -2.07. The molecule has 3 heterocycles. The van der Waals surface area contributed by atoms with Crippen LogP contribution >= 0.6 is 0 Å². The number of nitrogens with zero attached hydrogens (tertiary/aromatic N) is 6. The van der Waals surface area contributed by atoms with Crippen LogP contribution in [0.5, 0.6) is 0 Å². The van der Waals surface area contributed by atoms with Crippen LogP contribution in [-0.2, 0) is 25.6 Å². The molecule has 2 aliphatic heterocycles. The highest BCUT2D eigenvalue weighted by Crippen LogP contribution is 2.30. The van der Waals surface area contributed by atoms with Crippen molar-refractivity contribution in [1.29, 1.82) is 0 Å². The summed E-state index contributed by atoms with van der Waals surface area (Å²) in [6, 6.07) is 0. The van der Waals surface area contributed by atoms with Gasteiger partial charge in [-0.05, 0) is 10.6 Å². The predicted octanol–water partition coefficient (Wildman–Crippen LogP) is -0.522. The van der Waals surface area contributed by atoms with Crippen molar-refractivity contribution in [2.75, 3.05) is 46.5 Å². The molecule has 2 fully saturated rings. The second kappa shape index (κ2) is 7.67. The molecule has 10 nitrogen and oxygen atoms in total. The summed E-state index contributed by atoms with van der Waals surface area (Å²) in [7, 11) is 1.61. The maximum absolute atomic E-state index is 12.6. The van der Waals surface area contributed by atoms with Gasteiger partial charge in [0.15, 0.2) is 0 Å². The fraction of sp³-hybridized carbons (Fsp3) is 0.812. The molecule has 1 unspecified atom stereocenters. The lowest BCUT2D eigenvalue weighted by Crippen LogP contribution is -2.47. The Labute approximate surface area is 152 Å². The quantitative estimate of drug-likeness (QED) is 0.667. The van der Waals surface area contributed by atoms with Crippen molar-refractivity contribution < 1.29 is 19.1 Å². The number of aromatic nitrogens is 4. The minimum atomic E-state index is -0.408. The number of ether oxygens (including phenoxy) is 2. The monoisotopic (exact) mass is 366 g/mol. The third kappa shape index (κ3) is 4.36. The van der Waals surface area contributed by atoms with Gasteiger partial charge in [-0.3, -0.25) is 9.59 Å². The molecule has 2 amide bonds. The summed E-state index contributed by atoms with van der Waals surface area (Å²) < 4.78 is 10.7. The van der Waals surface area contributed by atoms with Gasteiger partial charge in [0.25, 0.3) is 0 Å². The lowest BCUT2D eigenvalue weighted by atomic mass is 9.93. The number of rotatable bonds is 6. The van der Waals surface area contributed by atoms with E-state index < -0.39 is 6.10 Å². The molecule has 1 aromatic heterocycles. The van der Waals surface area contributed by atoms with E-state index in [-0.39, 0.29) is 23.8 Å². The van der Waals surface area contributed by atoms with Crippen molar-refractivity contribution in [1.82, 2.24) is 30.0 Å². The molecule has 3 rings (SSSR count). The molecule has 0 aliphatic carbocycles. The molecule has 0 radical (unpaired) electrons. The van der Waals surface area contributed by atoms with Crippen molar-refractivity contribution >= 4 is 11.8 Å². The van der Waals surface area contributed by atoms with Gasteiger partial charge in [-0.25, -0.2) is 0 Å². The Morgan fingerprint density at radius 1 is 1.42 bits per heavy atom. The van der Waals surface area contributed by atoms with Crippen molar-refractivity contribution in [2.24, 2.45) is 5.41 Å². The molecular formula is C16H26N6O4. The molecule has 26 heavy (non-hydrogen) atoms. The van der Waals surface area contributed by atoms with Crippen LogP contribution < -0.4 is 0 Å². The molecule has 1 atom stereocenters. The van der Waals surface area contributed by atoms with Gasteiger partial charge in [-0.15, -0.1) is 10.2 Å². The van der Waals surface area contributed by atoms with Crippen LogP contribution in [0.3, 0.4) is 0 Å². The average molecular weight is 366 g/mol. The fourth-order valence-corrected chi connectivity index (χ4v) is 3.27. The van der Waals surface area contributed by atoms with Crippen molar-refractivity contribution in [3.05, 3.63) is 5.82 Å². The molecule has 0 aromatic carbocycles. The average Bonchev–Trinajstić information content (AvgIpc) is 3.17. The topological polar surface area (TPSA) is 103 Å². The number of likely N-dealkylation sites (tertiary alicyclic amines) is 1. The number of carbonyl (C=O) groups is 2. The molecule has 0 saturated carbocycles. The predicted molar refractivity (Wildman–Crippen MR) is 89.9 cm³/mol. The highest BCUT2D eigenvalue weighted by atomic mass is 16.5. The van der Waals surface area contributed by atoms with Crippen LogP contribution in [0.25, 0.3) is 0 Å². The molecule has 10 heteroatoms. The second-order valence-electron chi connectivity index (χ2n) is 7.53. The number of methoxy groups -OCH3 is 1. The molecular weight excluding hydrogens is 340 g/mol. The van der Waals surface area contributed by atoms with Crippen LogP contribution in [0.4, 0.5) is 0 Å². The summed E-state index contributed by atoms with van der Waals surface area (Å²) in [5.74, 6) is 0.420. The zero-order valence-corrected chi connectivity index (χ0v) is 15.6. The Morgan fingerprint density at radius 2 is 2.23 bits per heavy atom. The van der Waals surface area contributed by atoms with Crippen molar-refractivity contribution in [2.45, 2.75) is 32.9 Å². The molecule has 2 saturated heterocycles. The lowest BCUT2D eigenvalue weighted by molar-refractivity contribution is -0.144. The summed E-state index contributed by atoms with van der Waals surface area (Å²) in [5.41, 5.74) is -0.0739. The summed E-state index contributed by atoms with van der Waals surface area (Å²) in [6.07, 6.45) is 0.0790. The highest BCUT2D eigenvalue weighted by Gasteiger charge is 2.37. The number of amides is 2. The Kier molecular flexibility index (Phi) is 5.52. The van der Waals surface area contributed by atoms with Gasteiger partial charge in [-0.2, -0.15) is 4.80 Å². The van der Waals surface area contributed by atoms with Gasteiger partial charge >= 0.3 is 0 Å². The van der Waals surface area contributed by atoms with E-state index >= 15 is 0 Å². The van der Waals surface area contributed by atoms with Crippen LogP contribution in [0.15, 0.2) is 0 Å². The molecule has 0 spiro atoms. The SMILES string of the molecule is COCCn1nnc(C2CN(C(=O)CN3CC(C)(C)CC3=O)CCO2)n1. The first kappa shape index (κ1) is 18.7. The zero-order chi connectivity index (χ0) is 18.7. The van der Waals surface area contributed by atoms with E-state index in [4.69, 9.17) is 9.47 Å². The van der Waals surface area contributed by atoms with Crippen LogP contribution in [0.2, 0.25) is 0 Å². The highest BCUT2D eigenvalue weighted by molar-refractivity contribution is 5.86. The maximum atomic E-state index is 12.6. The first-order chi connectivity index (χ1) is 12.4. The van der Waals surface area contributed by atoms with E-state index in [0.717, 1.165) is 0 Å². The smallest absolute Gasteiger partial charge is 0.242 e. The maximum Gasteiger partial charge on any atom is 0.242 e. The van der Waals surface area contributed by atoms with E-state index in [1.807, 2.05) is 13.8 Å². The van der Waals surface area contributed by atoms with Gasteiger partial charge in [0, 0.05) is 26.6 Å². The first-order valence-electron chi connectivity index (χ1n) is 8.82. The van der Waals surface area contributed by atoms with Gasteiger partial charge in [-0.1, -0.05) is 13.8 Å². The van der Waals surface area contributed by atoms with Crippen molar-refractivity contribution in [3.8, 4) is 0 Å². The third-order valence-electron chi connectivity index (χ3n) is 4.60. The van der Waals surface area contributed by atoms with Crippen molar-refractivity contribution in [3.63, 3.8) is 0 Å². The first-order valence-corrected chi connectivity index (χ1v) is 8.82. The summed E-state index contributed by atoms with van der Waals surface area (Å²) in [5, 5.41) is 12.3. The number of tetrazole rings is 1. The van der Waals surface area contributed by atoms with E-state index in [2.05, 4.69) is 15.4 Å². The largest absolute Gasteiger partial charge is 0.383 e. The van der Waals surface area contributed by atoms with Crippen LogP contribution in [0, 0.1) is 5.41 Å². The van der Waals surface area contributed by atoms with E-state index in [1.165, 1.54) is 4.80 Å². The molecule has 0 N–H and O–H groups in total. The number of hydrogen-bond donors (Lipinski definition) is 0. The minimum absolute atomic E-state index is 0.0379. The lowest BCUT2D eigenvalue weighted by Gasteiger charge is -2.32. The standard InChI is InChI=1S/C16H26N6O4/c1-16(2)8-13(23)21(11-16)10-14(24)20-4-7-26-12(9-20)15-17-19-22(18-15)5-6-25-3/h12H,4-11H2,1-3H3. The summed E-state index contributed by atoms with van der Waals surface area (Å²) in [4.78, 5) is 29.5. The zero-order valence-electron chi connectivity index (χ0n) is 15.6. The molecule has 2 aliphatic rings. The third-order valence-corrected chi connectivity index (χ3v) is 4.60. The molecule has 0 bridgehead atoms. The Balaban J connectivity index is 1.57. The molecule has 144 valence electrons. The van der Waals surface area contributed by atoms with Gasteiger partial charge in [0.1, 0.15) is 6.10 Å². The normalized spacial score (nSPS) is 22.9. The van der Waals surface area contributed by atoms with E-state index in [0.29, 0.717) is 51.6 Å². The number of morpholine rings is 1. The second-order valence-corrected chi connectivity index (χ2v) is 7.53. The Morgan fingerprint density at radius 3 is 2.92 bits per heavy atom. The molecule has 1 aromatic rings. The fourth-order valence-electron chi connectivity index (χ4n) is 3.27. The summed E-state index contributed by atoms with van der Waals surface area (Å²) >= 11 is 0. The van der Waals surface area contributed by atoms with Gasteiger partial charge < -0.3 is 19.3 Å². The van der Waals surface area contributed by atoms with Gasteiger partial charge in [0.05, 0.1) is 32.8 Å². The number of carbonyl (C=O) groups excluding carboxylic acids is 2. The summed E-state index contributed by atoms with van der Waals surface area (Å²) in [6.45, 7) is 7.07. The minimum Gasteiger partial charge on any atom is -0.383 e. The van der Waals surface area contributed by atoms with Crippen LogP contribution in [0.1, 0.15) is 32.2 Å².